The molecule has 1 fully saturated rings. The first-order valence-electron chi connectivity index (χ1n) is 13.4. The number of hydrogen-bond acceptors (Lipinski definition) is 11. The van der Waals surface area contributed by atoms with Gasteiger partial charge in [0.15, 0.2) is 17.9 Å². The molecule has 14 nitrogen and oxygen atoms in total. The first-order chi connectivity index (χ1) is 21.3. The van der Waals surface area contributed by atoms with Gasteiger partial charge in [-0.2, -0.15) is 8.42 Å². The third-order valence-corrected chi connectivity index (χ3v) is 7.96. The molecule has 0 spiro atoms. The summed E-state index contributed by atoms with van der Waals surface area (Å²) in [6.45, 7) is 0.211. The summed E-state index contributed by atoms with van der Waals surface area (Å²) in [5.74, 6) is -5.03. The average molecular weight is 636 g/mol. The lowest BCUT2D eigenvalue weighted by molar-refractivity contribution is -0.384. The van der Waals surface area contributed by atoms with Crippen LogP contribution in [0.25, 0.3) is 0 Å². The van der Waals surface area contributed by atoms with E-state index in [1.165, 1.54) is 0 Å². The number of nitro benzene ring substituents is 1. The van der Waals surface area contributed by atoms with Gasteiger partial charge in [-0.3, -0.25) is 38.4 Å². The van der Waals surface area contributed by atoms with Gasteiger partial charge in [-0.1, -0.05) is 60.7 Å². The van der Waals surface area contributed by atoms with Crippen molar-refractivity contribution in [3.05, 3.63) is 111 Å². The van der Waals surface area contributed by atoms with Crippen LogP contribution < -0.4 is 0 Å². The highest BCUT2D eigenvalue weighted by atomic mass is 32.2. The number of esters is 1. The van der Waals surface area contributed by atoms with E-state index in [-0.39, 0.29) is 11.1 Å². The van der Waals surface area contributed by atoms with Crippen LogP contribution in [0.2, 0.25) is 0 Å². The molecular weight excluding hydrogens is 610 g/mol. The maximum absolute atomic E-state index is 13.7. The predicted molar refractivity (Wildman–Crippen MR) is 154 cm³/mol. The number of ketones is 1. The van der Waals surface area contributed by atoms with Crippen molar-refractivity contribution in [1.82, 2.24) is 9.80 Å². The van der Waals surface area contributed by atoms with Crippen molar-refractivity contribution in [2.75, 3.05) is 12.9 Å². The fraction of sp³-hybridized carbons (Fsp3) is 0.233. The van der Waals surface area contributed by atoms with Crippen LogP contribution in [0, 0.1) is 10.1 Å². The summed E-state index contributed by atoms with van der Waals surface area (Å²) < 4.78 is 34.5. The summed E-state index contributed by atoms with van der Waals surface area (Å²) in [6, 6.07) is 15.1. The Morgan fingerprint density at radius 1 is 0.911 bits per heavy atom. The van der Waals surface area contributed by atoms with Gasteiger partial charge in [-0.15, -0.1) is 0 Å². The Hall–Kier alpha value is -5.28. The number of likely N-dealkylation sites (tertiary alicyclic amines) is 1. The van der Waals surface area contributed by atoms with Crippen molar-refractivity contribution >= 4 is 45.3 Å². The molecule has 3 aromatic rings. The van der Waals surface area contributed by atoms with Crippen molar-refractivity contribution in [1.29, 1.82) is 0 Å². The highest BCUT2D eigenvalue weighted by Crippen LogP contribution is 2.37. The molecule has 15 heteroatoms. The Morgan fingerprint density at radius 3 is 1.98 bits per heavy atom. The molecular formula is C30H25N3O11S. The van der Waals surface area contributed by atoms with E-state index in [1.807, 2.05) is 0 Å². The second-order valence-electron chi connectivity index (χ2n) is 10.4. The smallest absolute Gasteiger partial charge is 0.337 e. The van der Waals surface area contributed by atoms with Crippen LogP contribution >= 0.6 is 0 Å². The van der Waals surface area contributed by atoms with E-state index in [4.69, 9.17) is 8.92 Å². The maximum atomic E-state index is 13.7. The van der Waals surface area contributed by atoms with Gasteiger partial charge in [-0.25, -0.2) is 4.79 Å². The number of non-ortho nitro benzene ring substituents is 1. The molecule has 5 rings (SSSR count). The van der Waals surface area contributed by atoms with Crippen LogP contribution in [-0.4, -0.2) is 83.6 Å². The lowest BCUT2D eigenvalue weighted by Crippen LogP contribution is -2.76. The third kappa shape index (κ3) is 5.94. The molecule has 2 aliphatic rings. The second kappa shape index (κ2) is 12.0. The van der Waals surface area contributed by atoms with Crippen LogP contribution in [0.4, 0.5) is 5.69 Å². The summed E-state index contributed by atoms with van der Waals surface area (Å²) in [7, 11) is -4.14. The van der Waals surface area contributed by atoms with Crippen molar-refractivity contribution in [2.45, 2.75) is 31.2 Å². The van der Waals surface area contributed by atoms with Crippen molar-refractivity contribution in [2.24, 2.45) is 0 Å². The van der Waals surface area contributed by atoms with Crippen LogP contribution in [0.3, 0.4) is 0 Å². The van der Waals surface area contributed by atoms with Crippen molar-refractivity contribution < 1.29 is 46.2 Å². The number of rotatable bonds is 11. The van der Waals surface area contributed by atoms with Gasteiger partial charge in [0.25, 0.3) is 27.6 Å². The number of nitro groups is 1. The second-order valence-corrected chi connectivity index (χ2v) is 12.0. The topological polar surface area (TPSA) is 188 Å². The first-order valence-corrected chi connectivity index (χ1v) is 15.3. The van der Waals surface area contributed by atoms with Gasteiger partial charge in [0.05, 0.1) is 35.0 Å². The van der Waals surface area contributed by atoms with E-state index >= 15 is 0 Å². The minimum absolute atomic E-state index is 0.212. The molecule has 0 N–H and O–H groups in total. The summed E-state index contributed by atoms with van der Waals surface area (Å²) in [6.07, 6.45) is -0.263. The summed E-state index contributed by atoms with van der Waals surface area (Å²) in [5, 5.41) is 11.2. The van der Waals surface area contributed by atoms with Crippen LogP contribution in [0.1, 0.15) is 44.9 Å². The lowest BCUT2D eigenvalue weighted by Gasteiger charge is -2.51. The number of benzene rings is 3. The number of carbonyl (C=O) groups excluding carboxylic acids is 5. The quantitative estimate of drug-likeness (QED) is 0.0570. The molecule has 0 saturated carbocycles. The molecule has 0 radical (unpaired) electrons. The van der Waals surface area contributed by atoms with Crippen LogP contribution in [0.5, 0.6) is 0 Å². The molecule has 3 aromatic carbocycles. The van der Waals surface area contributed by atoms with Crippen molar-refractivity contribution in [3.63, 3.8) is 0 Å². The number of nitrogens with zero attached hydrogens (tertiary/aromatic N) is 3. The summed E-state index contributed by atoms with van der Waals surface area (Å²) in [5.41, 5.74) is 0.101. The Labute approximate surface area is 256 Å². The van der Waals surface area contributed by atoms with Gasteiger partial charge >= 0.3 is 5.97 Å². The molecule has 3 atom stereocenters. The third-order valence-electron chi connectivity index (χ3n) is 7.40. The maximum Gasteiger partial charge on any atom is 0.337 e. The minimum atomic E-state index is -4.14. The zero-order valence-corrected chi connectivity index (χ0v) is 24.6. The SMILES string of the molecule is CC(=O)C(C(=O)OC(c1ccccc1)c1ccccc1)N1C(=O)[C@@H](N2C(=O)c3ccc([N+](=O)[O-])cc3C2=O)[C@H]1COS(C)(=O)=O. The van der Waals surface area contributed by atoms with Crippen LogP contribution in [-0.2, 0) is 33.4 Å². The van der Waals surface area contributed by atoms with E-state index < -0.39 is 81.0 Å². The Bertz CT molecular complexity index is 1790. The Kier molecular flexibility index (Phi) is 8.32. The highest BCUT2D eigenvalue weighted by Gasteiger charge is 2.60. The van der Waals surface area contributed by atoms with E-state index in [0.29, 0.717) is 16.0 Å². The average Bonchev–Trinajstić information content (AvgIpc) is 3.24. The molecule has 45 heavy (non-hydrogen) atoms. The monoisotopic (exact) mass is 635 g/mol. The van der Waals surface area contributed by atoms with Crippen molar-refractivity contribution in [3.8, 4) is 0 Å². The lowest BCUT2D eigenvalue weighted by atomic mass is 9.90. The largest absolute Gasteiger partial charge is 0.451 e. The number of β-lactam (4-membered cyclic amide) rings is 1. The standard InChI is InChI=1S/C30H25N3O11S/c1-17(34)24(30(38)44-26(18-9-5-3-6-10-18)19-11-7-4-8-12-19)31-23(16-43-45(2,41)42)25(29(31)37)32-27(35)21-14-13-20(33(39)40)15-22(21)28(32)36/h3-15,23-26H,16H2,1-2H3/t23-,24?,25+/m1/s1. The molecule has 0 aromatic heterocycles. The molecule has 1 unspecified atom stereocenters. The molecule has 1 saturated heterocycles. The van der Waals surface area contributed by atoms with Gasteiger partial charge in [0.1, 0.15) is 6.04 Å². The number of fused-ring (bicyclic) bond motifs is 1. The van der Waals surface area contributed by atoms with Gasteiger partial charge < -0.3 is 9.64 Å². The van der Waals surface area contributed by atoms with E-state index in [0.717, 1.165) is 36.3 Å². The number of carbonyl (C=O) groups is 5. The Morgan fingerprint density at radius 2 is 1.47 bits per heavy atom. The first kappa shape index (κ1) is 31.2. The van der Waals surface area contributed by atoms with Gasteiger partial charge in [-0.05, 0) is 24.1 Å². The zero-order valence-electron chi connectivity index (χ0n) is 23.8. The van der Waals surface area contributed by atoms with E-state index in [1.54, 1.807) is 60.7 Å². The molecule has 232 valence electrons. The fourth-order valence-corrected chi connectivity index (χ4v) is 5.76. The molecule has 3 amide bonds. The van der Waals surface area contributed by atoms with Gasteiger partial charge in [0, 0.05) is 12.1 Å². The number of amides is 3. The van der Waals surface area contributed by atoms with Crippen LogP contribution in [0.15, 0.2) is 78.9 Å². The molecule has 2 aliphatic heterocycles. The number of Topliss-reactive ketones (excluding diaryl/α,β-unsaturated/α-hetero) is 1. The number of imide groups is 1. The molecule has 0 aliphatic carbocycles. The number of ether oxygens (including phenoxy) is 1. The highest BCUT2D eigenvalue weighted by molar-refractivity contribution is 7.85. The summed E-state index contributed by atoms with van der Waals surface area (Å²) in [4.78, 5) is 78.6. The zero-order chi connectivity index (χ0) is 32.6. The Balaban J connectivity index is 1.49. The van der Waals surface area contributed by atoms with E-state index in [9.17, 15) is 42.5 Å². The number of hydrogen-bond donors (Lipinski definition) is 0. The van der Waals surface area contributed by atoms with Gasteiger partial charge in [0.2, 0.25) is 5.91 Å². The molecule has 2 heterocycles. The minimum Gasteiger partial charge on any atom is -0.451 e. The van der Waals surface area contributed by atoms with E-state index in [2.05, 4.69) is 0 Å². The summed E-state index contributed by atoms with van der Waals surface area (Å²) >= 11 is 0. The predicted octanol–water partition coefficient (Wildman–Crippen LogP) is 2.04. The fourth-order valence-electron chi connectivity index (χ4n) is 5.37. The normalized spacial score (nSPS) is 18.4. The molecule has 0 bridgehead atoms.